The SMILES string of the molecule is COC1CN(c2ncnc(N)c2C)CC1OC. The van der Waals surface area contributed by atoms with Crippen LogP contribution in [-0.4, -0.2) is 49.5 Å². The van der Waals surface area contributed by atoms with Crippen LogP contribution in [0.4, 0.5) is 11.6 Å². The molecular weight excluding hydrogens is 220 g/mol. The molecule has 0 aromatic carbocycles. The minimum Gasteiger partial charge on any atom is -0.383 e. The number of nitrogens with two attached hydrogens (primary N) is 1. The van der Waals surface area contributed by atoms with Gasteiger partial charge in [-0.05, 0) is 6.92 Å². The predicted octanol–water partition coefficient (Wildman–Crippen LogP) is 0.217. The molecule has 1 aliphatic rings. The second kappa shape index (κ2) is 4.85. The van der Waals surface area contributed by atoms with Gasteiger partial charge >= 0.3 is 0 Å². The summed E-state index contributed by atoms with van der Waals surface area (Å²) >= 11 is 0. The summed E-state index contributed by atoms with van der Waals surface area (Å²) in [5.41, 5.74) is 6.68. The van der Waals surface area contributed by atoms with Crippen molar-refractivity contribution in [3.05, 3.63) is 11.9 Å². The third-order valence-electron chi connectivity index (χ3n) is 3.22. The summed E-state index contributed by atoms with van der Waals surface area (Å²) in [4.78, 5) is 10.4. The number of hydrogen-bond acceptors (Lipinski definition) is 6. The molecule has 6 nitrogen and oxygen atoms in total. The van der Waals surface area contributed by atoms with Gasteiger partial charge in [0.1, 0.15) is 30.2 Å². The lowest BCUT2D eigenvalue weighted by molar-refractivity contribution is -0.00461. The van der Waals surface area contributed by atoms with Crippen molar-refractivity contribution in [3.8, 4) is 0 Å². The Morgan fingerprint density at radius 3 is 2.35 bits per heavy atom. The van der Waals surface area contributed by atoms with Crippen LogP contribution in [0.5, 0.6) is 0 Å². The number of rotatable bonds is 3. The lowest BCUT2D eigenvalue weighted by Gasteiger charge is -2.19. The van der Waals surface area contributed by atoms with Gasteiger partial charge in [-0.1, -0.05) is 0 Å². The number of anilines is 2. The van der Waals surface area contributed by atoms with E-state index in [4.69, 9.17) is 15.2 Å². The Bertz CT molecular complexity index is 387. The highest BCUT2D eigenvalue weighted by atomic mass is 16.5. The monoisotopic (exact) mass is 238 g/mol. The maximum atomic E-state index is 5.78. The Balaban J connectivity index is 2.22. The molecule has 1 fully saturated rings. The molecule has 0 radical (unpaired) electrons. The number of ether oxygens (including phenoxy) is 2. The van der Waals surface area contributed by atoms with E-state index < -0.39 is 0 Å². The molecule has 1 aromatic rings. The first-order valence-electron chi connectivity index (χ1n) is 5.55. The van der Waals surface area contributed by atoms with Crippen molar-refractivity contribution in [2.24, 2.45) is 0 Å². The number of aromatic nitrogens is 2. The quantitative estimate of drug-likeness (QED) is 0.812. The maximum Gasteiger partial charge on any atom is 0.137 e. The Labute approximate surface area is 101 Å². The highest BCUT2D eigenvalue weighted by Gasteiger charge is 2.34. The standard InChI is InChI=1S/C11H18N4O2/c1-7-10(12)13-6-14-11(7)15-4-8(16-2)9(5-15)17-3/h6,8-9H,4-5H2,1-3H3,(H2,12,13,14). The molecule has 1 saturated heterocycles. The van der Waals surface area contributed by atoms with Crippen LogP contribution in [0, 0.1) is 6.92 Å². The Morgan fingerprint density at radius 1 is 1.24 bits per heavy atom. The van der Waals surface area contributed by atoms with E-state index in [2.05, 4.69) is 14.9 Å². The molecule has 6 heteroatoms. The van der Waals surface area contributed by atoms with Crippen LogP contribution in [0.25, 0.3) is 0 Å². The van der Waals surface area contributed by atoms with Gasteiger partial charge in [-0.25, -0.2) is 9.97 Å². The Hall–Kier alpha value is -1.40. The van der Waals surface area contributed by atoms with Crippen LogP contribution < -0.4 is 10.6 Å². The lowest BCUT2D eigenvalue weighted by Crippen LogP contribution is -2.27. The van der Waals surface area contributed by atoms with Crippen LogP contribution >= 0.6 is 0 Å². The zero-order chi connectivity index (χ0) is 12.4. The van der Waals surface area contributed by atoms with Gasteiger partial charge in [0.25, 0.3) is 0 Å². The van der Waals surface area contributed by atoms with E-state index in [9.17, 15) is 0 Å². The Kier molecular flexibility index (Phi) is 3.44. The van der Waals surface area contributed by atoms with Crippen molar-refractivity contribution in [2.75, 3.05) is 37.9 Å². The van der Waals surface area contributed by atoms with Gasteiger partial charge in [-0.3, -0.25) is 0 Å². The van der Waals surface area contributed by atoms with E-state index >= 15 is 0 Å². The average Bonchev–Trinajstić information content (AvgIpc) is 2.75. The zero-order valence-electron chi connectivity index (χ0n) is 10.4. The van der Waals surface area contributed by atoms with Crippen molar-refractivity contribution in [1.29, 1.82) is 0 Å². The molecule has 0 aliphatic carbocycles. The highest BCUT2D eigenvalue weighted by Crippen LogP contribution is 2.25. The van der Waals surface area contributed by atoms with Gasteiger partial charge in [-0.2, -0.15) is 0 Å². The molecule has 2 unspecified atom stereocenters. The summed E-state index contributed by atoms with van der Waals surface area (Å²) < 4.78 is 10.8. The third kappa shape index (κ3) is 2.18. The minimum atomic E-state index is 0.0654. The molecule has 0 spiro atoms. The van der Waals surface area contributed by atoms with Crippen molar-refractivity contribution in [3.63, 3.8) is 0 Å². The minimum absolute atomic E-state index is 0.0654. The first kappa shape index (κ1) is 12.1. The molecule has 2 rings (SSSR count). The van der Waals surface area contributed by atoms with Crippen LogP contribution in [0.2, 0.25) is 0 Å². The molecule has 1 aliphatic heterocycles. The van der Waals surface area contributed by atoms with E-state index in [0.29, 0.717) is 5.82 Å². The molecule has 94 valence electrons. The predicted molar refractivity (Wildman–Crippen MR) is 65.0 cm³/mol. The molecule has 2 atom stereocenters. The second-order valence-electron chi connectivity index (χ2n) is 4.16. The van der Waals surface area contributed by atoms with Crippen LogP contribution in [0.3, 0.4) is 0 Å². The third-order valence-corrected chi connectivity index (χ3v) is 3.22. The fourth-order valence-corrected chi connectivity index (χ4v) is 2.14. The van der Waals surface area contributed by atoms with Gasteiger partial charge in [0.2, 0.25) is 0 Å². The molecule has 0 amide bonds. The second-order valence-corrected chi connectivity index (χ2v) is 4.16. The van der Waals surface area contributed by atoms with Crippen molar-refractivity contribution < 1.29 is 9.47 Å². The van der Waals surface area contributed by atoms with Gasteiger partial charge in [0, 0.05) is 32.9 Å². The zero-order valence-corrected chi connectivity index (χ0v) is 10.4. The summed E-state index contributed by atoms with van der Waals surface area (Å²) in [7, 11) is 3.39. The number of hydrogen-bond donors (Lipinski definition) is 1. The van der Waals surface area contributed by atoms with Gasteiger partial charge in [-0.15, -0.1) is 0 Å². The number of methoxy groups -OCH3 is 2. The van der Waals surface area contributed by atoms with E-state index in [1.165, 1.54) is 6.33 Å². The number of nitrogen functional groups attached to an aromatic ring is 1. The smallest absolute Gasteiger partial charge is 0.137 e. The normalized spacial score (nSPS) is 24.3. The number of nitrogens with zero attached hydrogens (tertiary/aromatic N) is 3. The lowest BCUT2D eigenvalue weighted by atomic mass is 10.3. The van der Waals surface area contributed by atoms with E-state index in [1.807, 2.05) is 6.92 Å². The average molecular weight is 238 g/mol. The summed E-state index contributed by atoms with van der Waals surface area (Å²) in [5, 5.41) is 0. The van der Waals surface area contributed by atoms with Gasteiger partial charge in [0.15, 0.2) is 0 Å². The largest absolute Gasteiger partial charge is 0.383 e. The van der Waals surface area contributed by atoms with Gasteiger partial charge in [0.05, 0.1) is 0 Å². The molecule has 1 aromatic heterocycles. The molecular formula is C11H18N4O2. The van der Waals surface area contributed by atoms with Gasteiger partial charge < -0.3 is 20.1 Å². The molecule has 0 bridgehead atoms. The molecule has 17 heavy (non-hydrogen) atoms. The topological polar surface area (TPSA) is 73.5 Å². The summed E-state index contributed by atoms with van der Waals surface area (Å²) in [6.45, 7) is 3.44. The van der Waals surface area contributed by atoms with Crippen LogP contribution in [0.15, 0.2) is 6.33 Å². The molecule has 2 heterocycles. The van der Waals surface area contributed by atoms with Crippen LogP contribution in [0.1, 0.15) is 5.56 Å². The Morgan fingerprint density at radius 2 is 1.82 bits per heavy atom. The highest BCUT2D eigenvalue weighted by molar-refractivity contribution is 5.56. The van der Waals surface area contributed by atoms with Crippen LogP contribution in [-0.2, 0) is 9.47 Å². The summed E-state index contributed by atoms with van der Waals surface area (Å²) in [6.07, 6.45) is 1.62. The first-order chi connectivity index (χ1) is 8.17. The van der Waals surface area contributed by atoms with E-state index in [1.54, 1.807) is 14.2 Å². The fraction of sp³-hybridized carbons (Fsp3) is 0.636. The van der Waals surface area contributed by atoms with Crippen molar-refractivity contribution in [1.82, 2.24) is 9.97 Å². The fourth-order valence-electron chi connectivity index (χ4n) is 2.14. The molecule has 2 N–H and O–H groups in total. The maximum absolute atomic E-state index is 5.78. The molecule has 0 saturated carbocycles. The summed E-state index contributed by atoms with van der Waals surface area (Å²) in [5.74, 6) is 1.38. The van der Waals surface area contributed by atoms with Crippen molar-refractivity contribution in [2.45, 2.75) is 19.1 Å². The summed E-state index contributed by atoms with van der Waals surface area (Å²) in [6, 6.07) is 0. The van der Waals surface area contributed by atoms with E-state index in [-0.39, 0.29) is 12.2 Å². The first-order valence-corrected chi connectivity index (χ1v) is 5.55. The van der Waals surface area contributed by atoms with Crippen molar-refractivity contribution >= 4 is 11.6 Å². The van der Waals surface area contributed by atoms with E-state index in [0.717, 1.165) is 24.5 Å².